The zero-order chi connectivity index (χ0) is 26.2. The van der Waals surface area contributed by atoms with E-state index >= 15 is 0 Å². The average molecular weight is 564 g/mol. The predicted octanol–water partition coefficient (Wildman–Crippen LogP) is 3.30. The maximum absolute atomic E-state index is 13.1. The molecule has 1 saturated heterocycles. The minimum Gasteiger partial charge on any atom is -0.455 e. The fraction of sp³-hybridized carbons (Fsp3) is 0.261. The number of anilines is 5. The molecule has 37 heavy (non-hydrogen) atoms. The van der Waals surface area contributed by atoms with Crippen molar-refractivity contribution in [2.45, 2.75) is 0 Å². The Kier molecular flexibility index (Phi) is 6.99. The molecule has 3 aromatic rings. The number of para-hydroxylation sites is 1. The van der Waals surface area contributed by atoms with Gasteiger partial charge in [0.25, 0.3) is 5.91 Å². The topological polar surface area (TPSA) is 129 Å². The standard InChI is InChI=1S/C23H23Cl2N7O4S/c1-37(34,35)30-18-11-14(5-6-19(18)31-9-7-26-8-10-31)28-23-27-12-15-21(29-23)36-13-32(22(15)33)20-16(24)3-2-4-17(20)25/h2-6,11-12,26,30H,7-10,13H2,1H3,(H,27,28,29). The number of halogens is 2. The van der Waals surface area contributed by atoms with Gasteiger partial charge in [-0.05, 0) is 30.3 Å². The quantitative estimate of drug-likeness (QED) is 0.413. The highest BCUT2D eigenvalue weighted by molar-refractivity contribution is 7.92. The van der Waals surface area contributed by atoms with Crippen LogP contribution in [-0.2, 0) is 10.0 Å². The van der Waals surface area contributed by atoms with E-state index in [2.05, 4.69) is 30.2 Å². The molecule has 2 aliphatic heterocycles. The lowest BCUT2D eigenvalue weighted by atomic mass is 10.2. The maximum Gasteiger partial charge on any atom is 0.268 e. The Labute approximate surface area is 223 Å². The van der Waals surface area contributed by atoms with E-state index in [0.29, 0.717) is 27.1 Å². The first kappa shape index (κ1) is 25.3. The second-order valence-electron chi connectivity index (χ2n) is 8.46. The number of nitrogens with zero attached hydrogens (tertiary/aromatic N) is 4. The molecule has 0 unspecified atom stereocenters. The SMILES string of the molecule is CS(=O)(=O)Nc1cc(Nc2ncc3c(n2)OCN(c2c(Cl)cccc2Cl)C3=O)ccc1N1CCNCC1. The number of hydrogen-bond donors (Lipinski definition) is 3. The fourth-order valence-corrected chi connectivity index (χ4v) is 5.30. The van der Waals surface area contributed by atoms with Gasteiger partial charge < -0.3 is 20.3 Å². The molecular formula is C23H23Cl2N7O4S. The molecule has 1 aromatic heterocycles. The molecule has 0 atom stereocenters. The van der Waals surface area contributed by atoms with Crippen LogP contribution in [0.4, 0.5) is 28.7 Å². The highest BCUT2D eigenvalue weighted by Gasteiger charge is 2.31. The van der Waals surface area contributed by atoms with E-state index < -0.39 is 15.9 Å². The molecule has 5 rings (SSSR count). The van der Waals surface area contributed by atoms with Gasteiger partial charge in [0.2, 0.25) is 21.9 Å². The molecular weight excluding hydrogens is 541 g/mol. The van der Waals surface area contributed by atoms with Gasteiger partial charge in [0.05, 0.1) is 33.4 Å². The molecule has 11 nitrogen and oxygen atoms in total. The van der Waals surface area contributed by atoms with Gasteiger partial charge in [0, 0.05) is 38.1 Å². The normalized spacial score (nSPS) is 15.7. The third-order valence-corrected chi connectivity index (χ3v) is 6.97. The van der Waals surface area contributed by atoms with Crippen molar-refractivity contribution in [2.75, 3.05) is 59.0 Å². The van der Waals surface area contributed by atoms with E-state index in [1.807, 2.05) is 6.07 Å². The summed E-state index contributed by atoms with van der Waals surface area (Å²) in [7, 11) is -3.51. The summed E-state index contributed by atoms with van der Waals surface area (Å²) in [6, 6.07) is 10.3. The second-order valence-corrected chi connectivity index (χ2v) is 11.0. The molecule has 0 aliphatic carbocycles. The van der Waals surface area contributed by atoms with Gasteiger partial charge in [-0.25, -0.2) is 13.4 Å². The number of rotatable bonds is 6. The van der Waals surface area contributed by atoms with E-state index in [9.17, 15) is 13.2 Å². The van der Waals surface area contributed by atoms with Crippen LogP contribution in [0.25, 0.3) is 0 Å². The number of nitrogens with one attached hydrogen (secondary N) is 3. The summed E-state index contributed by atoms with van der Waals surface area (Å²) in [6.07, 6.45) is 2.46. The molecule has 2 aliphatic rings. The van der Waals surface area contributed by atoms with Crippen LogP contribution in [0.5, 0.6) is 5.88 Å². The molecule has 194 valence electrons. The summed E-state index contributed by atoms with van der Waals surface area (Å²) in [5.74, 6) is -0.118. The lowest BCUT2D eigenvalue weighted by Crippen LogP contribution is -2.43. The van der Waals surface area contributed by atoms with Gasteiger partial charge in [0.1, 0.15) is 5.56 Å². The average Bonchev–Trinajstić information content (AvgIpc) is 2.85. The van der Waals surface area contributed by atoms with Crippen molar-refractivity contribution in [2.24, 2.45) is 0 Å². The summed E-state index contributed by atoms with van der Waals surface area (Å²) in [5.41, 5.74) is 2.26. The molecule has 1 amide bonds. The Morgan fingerprint density at radius 1 is 1.11 bits per heavy atom. The molecule has 0 bridgehead atoms. The minimum absolute atomic E-state index is 0.105. The maximum atomic E-state index is 13.1. The van der Waals surface area contributed by atoms with E-state index in [4.69, 9.17) is 27.9 Å². The van der Waals surface area contributed by atoms with Gasteiger partial charge in [-0.2, -0.15) is 4.98 Å². The second kappa shape index (κ2) is 10.2. The van der Waals surface area contributed by atoms with Crippen LogP contribution < -0.4 is 29.9 Å². The lowest BCUT2D eigenvalue weighted by molar-refractivity contribution is 0.0932. The lowest BCUT2D eigenvalue weighted by Gasteiger charge is -2.31. The van der Waals surface area contributed by atoms with Crippen molar-refractivity contribution in [3.8, 4) is 5.88 Å². The Morgan fingerprint density at radius 2 is 1.84 bits per heavy atom. The molecule has 3 heterocycles. The van der Waals surface area contributed by atoms with Crippen molar-refractivity contribution in [1.29, 1.82) is 0 Å². The monoisotopic (exact) mass is 563 g/mol. The Bertz CT molecular complexity index is 1450. The number of aromatic nitrogens is 2. The summed E-state index contributed by atoms with van der Waals surface area (Å²) in [4.78, 5) is 25.1. The number of benzene rings is 2. The van der Waals surface area contributed by atoms with Crippen molar-refractivity contribution in [3.63, 3.8) is 0 Å². The third kappa shape index (κ3) is 5.52. The number of sulfonamides is 1. The van der Waals surface area contributed by atoms with Gasteiger partial charge in [-0.15, -0.1) is 0 Å². The largest absolute Gasteiger partial charge is 0.455 e. The van der Waals surface area contributed by atoms with Crippen molar-refractivity contribution >= 4 is 67.8 Å². The van der Waals surface area contributed by atoms with Crippen molar-refractivity contribution in [1.82, 2.24) is 15.3 Å². The van der Waals surface area contributed by atoms with Crippen molar-refractivity contribution < 1.29 is 17.9 Å². The molecule has 1 fully saturated rings. The Hall–Kier alpha value is -3.32. The van der Waals surface area contributed by atoms with Gasteiger partial charge in [0.15, 0.2) is 6.73 Å². The number of carbonyl (C=O) groups excluding carboxylic acids is 1. The predicted molar refractivity (Wildman–Crippen MR) is 144 cm³/mol. The van der Waals surface area contributed by atoms with Gasteiger partial charge >= 0.3 is 0 Å². The van der Waals surface area contributed by atoms with Crippen LogP contribution in [0.1, 0.15) is 10.4 Å². The number of carbonyl (C=O) groups is 1. The van der Waals surface area contributed by atoms with Crippen molar-refractivity contribution in [3.05, 3.63) is 58.2 Å². The van der Waals surface area contributed by atoms with E-state index in [0.717, 1.165) is 38.1 Å². The zero-order valence-electron chi connectivity index (χ0n) is 19.7. The first-order valence-electron chi connectivity index (χ1n) is 11.3. The molecule has 14 heteroatoms. The summed E-state index contributed by atoms with van der Waals surface area (Å²) >= 11 is 12.5. The number of fused-ring (bicyclic) bond motifs is 1. The highest BCUT2D eigenvalue weighted by Crippen LogP contribution is 2.37. The fourth-order valence-electron chi connectivity index (χ4n) is 4.13. The number of ether oxygens (including phenoxy) is 1. The molecule has 0 saturated carbocycles. The van der Waals surface area contributed by atoms with Crippen LogP contribution in [0.2, 0.25) is 10.0 Å². The van der Waals surface area contributed by atoms with E-state index in [1.165, 1.54) is 11.1 Å². The van der Waals surface area contributed by atoms with Gasteiger partial charge in [-0.1, -0.05) is 29.3 Å². The van der Waals surface area contributed by atoms with Gasteiger partial charge in [-0.3, -0.25) is 14.4 Å². The first-order valence-corrected chi connectivity index (χ1v) is 13.9. The summed E-state index contributed by atoms with van der Waals surface area (Å²) in [6.45, 7) is 2.98. The summed E-state index contributed by atoms with van der Waals surface area (Å²) in [5, 5.41) is 6.96. The molecule has 3 N–H and O–H groups in total. The van der Waals surface area contributed by atoms with Crippen LogP contribution in [0, 0.1) is 0 Å². The van der Waals surface area contributed by atoms with Crippen LogP contribution >= 0.6 is 23.2 Å². The molecule has 2 aromatic carbocycles. The zero-order valence-corrected chi connectivity index (χ0v) is 22.0. The molecule has 0 spiro atoms. The first-order chi connectivity index (χ1) is 17.7. The van der Waals surface area contributed by atoms with E-state index in [1.54, 1.807) is 30.3 Å². The Balaban J connectivity index is 1.40. The number of hydrogen-bond acceptors (Lipinski definition) is 9. The number of piperazine rings is 1. The van der Waals surface area contributed by atoms with Crippen LogP contribution in [0.15, 0.2) is 42.6 Å². The van der Waals surface area contributed by atoms with Crippen LogP contribution in [0.3, 0.4) is 0 Å². The summed E-state index contributed by atoms with van der Waals surface area (Å²) < 4.78 is 32.3. The minimum atomic E-state index is -3.51. The third-order valence-electron chi connectivity index (χ3n) is 5.77. The Morgan fingerprint density at radius 3 is 2.54 bits per heavy atom. The molecule has 0 radical (unpaired) electrons. The van der Waals surface area contributed by atoms with E-state index in [-0.39, 0.29) is 24.1 Å². The highest BCUT2D eigenvalue weighted by atomic mass is 35.5. The smallest absolute Gasteiger partial charge is 0.268 e. The number of amides is 1. The van der Waals surface area contributed by atoms with Crippen LogP contribution in [-0.4, -0.2) is 63.5 Å².